The van der Waals surface area contributed by atoms with Crippen molar-refractivity contribution in [3.05, 3.63) is 59.5 Å². The Hall–Kier alpha value is -1.87. The molecular weight excluding hydrogens is 239 g/mol. The topological polar surface area (TPSA) is 38.9 Å². The van der Waals surface area contributed by atoms with E-state index < -0.39 is 0 Å². The van der Waals surface area contributed by atoms with E-state index >= 15 is 0 Å². The van der Waals surface area contributed by atoms with Gasteiger partial charge in [-0.1, -0.05) is 24.3 Å². The maximum Gasteiger partial charge on any atom is 0.130 e. The minimum atomic E-state index is -0.248. The number of nitrogens with zero attached hydrogens (tertiary/aromatic N) is 1. The molecule has 0 radical (unpaired) electrons. The van der Waals surface area contributed by atoms with Crippen LogP contribution < -0.4 is 5.73 Å². The van der Waals surface area contributed by atoms with E-state index in [4.69, 9.17) is 5.73 Å². The highest BCUT2D eigenvalue weighted by Gasteiger charge is 1.95. The summed E-state index contributed by atoms with van der Waals surface area (Å²) in [5.74, 6) is 0.207. The molecule has 0 saturated heterocycles. The van der Waals surface area contributed by atoms with Gasteiger partial charge in [0.05, 0.1) is 5.69 Å². The minimum absolute atomic E-state index is 0. The summed E-state index contributed by atoms with van der Waals surface area (Å²) in [7, 11) is 0. The molecule has 0 fully saturated rings. The lowest BCUT2D eigenvalue weighted by atomic mass is 10.2. The van der Waals surface area contributed by atoms with Crippen molar-refractivity contribution in [3.8, 4) is 0 Å². The molecule has 0 spiro atoms. The van der Waals surface area contributed by atoms with Gasteiger partial charge < -0.3 is 5.73 Å². The monoisotopic (exact) mass is 250 g/mol. The van der Waals surface area contributed by atoms with Crippen LogP contribution >= 0.6 is 12.4 Å². The third-order valence-electron chi connectivity index (χ3n) is 2.13. The van der Waals surface area contributed by atoms with Gasteiger partial charge >= 0.3 is 0 Å². The molecule has 2 N–H and O–H groups in total. The molecule has 1 aromatic carbocycles. The van der Waals surface area contributed by atoms with Crippen LogP contribution in [0.25, 0.3) is 12.2 Å². The van der Waals surface area contributed by atoms with Crippen LogP contribution in [0.15, 0.2) is 42.5 Å². The molecule has 2 rings (SSSR count). The first-order chi connectivity index (χ1) is 7.75. The first-order valence-corrected chi connectivity index (χ1v) is 4.91. The number of halogens is 2. The van der Waals surface area contributed by atoms with Crippen LogP contribution in [-0.4, -0.2) is 4.98 Å². The van der Waals surface area contributed by atoms with Crippen LogP contribution in [0.4, 0.5) is 10.2 Å². The first-order valence-electron chi connectivity index (χ1n) is 4.91. The third-order valence-corrected chi connectivity index (χ3v) is 2.13. The molecule has 0 amide bonds. The Morgan fingerprint density at radius 2 is 1.76 bits per heavy atom. The molecule has 0 saturated carbocycles. The molecule has 0 aliphatic rings. The van der Waals surface area contributed by atoms with E-state index in [-0.39, 0.29) is 18.2 Å². The summed E-state index contributed by atoms with van der Waals surface area (Å²) in [6.07, 6.45) is 3.41. The summed E-state index contributed by atoms with van der Waals surface area (Å²) >= 11 is 0. The van der Waals surface area contributed by atoms with Crippen molar-refractivity contribution in [1.82, 2.24) is 4.98 Å². The molecule has 1 heterocycles. The summed E-state index contributed by atoms with van der Waals surface area (Å²) < 4.78 is 13.3. The number of rotatable bonds is 2. The number of nitrogens with two attached hydrogens (primary N) is 1. The van der Waals surface area contributed by atoms with Crippen molar-refractivity contribution in [2.24, 2.45) is 0 Å². The van der Waals surface area contributed by atoms with Crippen molar-refractivity contribution in [2.45, 2.75) is 0 Å². The van der Waals surface area contributed by atoms with E-state index in [0.717, 1.165) is 0 Å². The van der Waals surface area contributed by atoms with Gasteiger partial charge in [0.1, 0.15) is 11.6 Å². The number of benzene rings is 1. The largest absolute Gasteiger partial charge is 0.384 e. The fourth-order valence-electron chi connectivity index (χ4n) is 1.35. The highest BCUT2D eigenvalue weighted by atomic mass is 35.5. The summed E-state index contributed by atoms with van der Waals surface area (Å²) in [6, 6.07) is 11.9. The quantitative estimate of drug-likeness (QED) is 0.887. The van der Waals surface area contributed by atoms with Crippen LogP contribution in [0, 0.1) is 5.82 Å². The Balaban J connectivity index is 0.00000144. The normalized spacial score (nSPS) is 10.2. The van der Waals surface area contributed by atoms with Crippen molar-refractivity contribution in [3.63, 3.8) is 0 Å². The summed E-state index contributed by atoms with van der Waals surface area (Å²) in [6.45, 7) is 0. The zero-order valence-electron chi connectivity index (χ0n) is 9.01. The molecule has 1 aromatic heterocycles. The van der Waals surface area contributed by atoms with Gasteiger partial charge in [-0.05, 0) is 30.4 Å². The van der Waals surface area contributed by atoms with Gasteiger partial charge in [0.2, 0.25) is 0 Å². The van der Waals surface area contributed by atoms with Gasteiger partial charge in [-0.25, -0.2) is 9.37 Å². The SMILES string of the molecule is Cl.Nc1cccc(C=Cc2ccccc2F)n1. The smallest absolute Gasteiger partial charge is 0.130 e. The third kappa shape index (κ3) is 3.57. The van der Waals surface area contributed by atoms with Gasteiger partial charge in [0, 0.05) is 5.56 Å². The van der Waals surface area contributed by atoms with E-state index in [1.807, 2.05) is 12.1 Å². The van der Waals surface area contributed by atoms with Gasteiger partial charge in [0.15, 0.2) is 0 Å². The summed E-state index contributed by atoms with van der Waals surface area (Å²) in [4.78, 5) is 4.09. The number of hydrogen-bond donors (Lipinski definition) is 1. The highest BCUT2D eigenvalue weighted by molar-refractivity contribution is 5.85. The predicted molar refractivity (Wildman–Crippen MR) is 71.2 cm³/mol. The molecule has 88 valence electrons. The standard InChI is InChI=1S/C13H11FN2.ClH/c14-12-6-2-1-4-10(12)8-9-11-5-3-7-13(15)16-11;/h1-9H,(H2,15,16);1H. The minimum Gasteiger partial charge on any atom is -0.384 e. The van der Waals surface area contributed by atoms with Crippen LogP contribution in [-0.2, 0) is 0 Å². The molecule has 2 nitrogen and oxygen atoms in total. The lowest BCUT2D eigenvalue weighted by molar-refractivity contribution is 0.625. The number of hydrogen-bond acceptors (Lipinski definition) is 2. The molecule has 0 aliphatic heterocycles. The first kappa shape index (κ1) is 13.2. The van der Waals surface area contributed by atoms with Crippen LogP contribution in [0.5, 0.6) is 0 Å². The predicted octanol–water partition coefficient (Wildman–Crippen LogP) is 3.40. The number of anilines is 1. The molecular formula is C13H12ClFN2. The fourth-order valence-corrected chi connectivity index (χ4v) is 1.35. The molecule has 0 bridgehead atoms. The average molecular weight is 251 g/mol. The van der Waals surface area contributed by atoms with Crippen LogP contribution in [0.1, 0.15) is 11.3 Å². The fraction of sp³-hybridized carbons (Fsp3) is 0. The molecule has 0 unspecified atom stereocenters. The van der Waals surface area contributed by atoms with Crippen molar-refractivity contribution in [2.75, 3.05) is 5.73 Å². The number of pyridine rings is 1. The number of nitrogen functional groups attached to an aromatic ring is 1. The maximum atomic E-state index is 13.3. The lowest BCUT2D eigenvalue weighted by Crippen LogP contribution is -1.90. The van der Waals surface area contributed by atoms with E-state index in [1.54, 1.807) is 36.4 Å². The number of aromatic nitrogens is 1. The maximum absolute atomic E-state index is 13.3. The average Bonchev–Trinajstić information content (AvgIpc) is 2.28. The Morgan fingerprint density at radius 1 is 1.00 bits per heavy atom. The van der Waals surface area contributed by atoms with Crippen molar-refractivity contribution >= 4 is 30.4 Å². The van der Waals surface area contributed by atoms with Gasteiger partial charge in [0.25, 0.3) is 0 Å². The Labute approximate surface area is 105 Å². The zero-order chi connectivity index (χ0) is 11.4. The van der Waals surface area contributed by atoms with Gasteiger partial charge in [-0.2, -0.15) is 0 Å². The Morgan fingerprint density at radius 3 is 2.47 bits per heavy atom. The molecule has 17 heavy (non-hydrogen) atoms. The van der Waals surface area contributed by atoms with Gasteiger partial charge in [-0.3, -0.25) is 0 Å². The Kier molecular flexibility index (Phi) is 4.67. The lowest BCUT2D eigenvalue weighted by Gasteiger charge is -1.96. The molecule has 4 heteroatoms. The van der Waals surface area contributed by atoms with E-state index in [0.29, 0.717) is 17.1 Å². The second-order valence-corrected chi connectivity index (χ2v) is 3.34. The van der Waals surface area contributed by atoms with Crippen LogP contribution in [0.3, 0.4) is 0 Å². The second kappa shape index (κ2) is 6.01. The molecule has 2 aromatic rings. The van der Waals surface area contributed by atoms with Crippen LogP contribution in [0.2, 0.25) is 0 Å². The zero-order valence-corrected chi connectivity index (χ0v) is 9.82. The van der Waals surface area contributed by atoms with E-state index in [9.17, 15) is 4.39 Å². The van der Waals surface area contributed by atoms with Crippen molar-refractivity contribution < 1.29 is 4.39 Å². The summed E-state index contributed by atoms with van der Waals surface area (Å²) in [5, 5.41) is 0. The van der Waals surface area contributed by atoms with Crippen molar-refractivity contribution in [1.29, 1.82) is 0 Å². The Bertz CT molecular complexity index is 526. The van der Waals surface area contributed by atoms with E-state index in [2.05, 4.69) is 4.98 Å². The highest BCUT2D eigenvalue weighted by Crippen LogP contribution is 2.11. The molecule has 0 aliphatic carbocycles. The summed E-state index contributed by atoms with van der Waals surface area (Å²) in [5.41, 5.74) is 6.78. The van der Waals surface area contributed by atoms with Gasteiger partial charge in [-0.15, -0.1) is 12.4 Å². The molecule has 0 atom stereocenters. The second-order valence-electron chi connectivity index (χ2n) is 3.34. The van der Waals surface area contributed by atoms with E-state index in [1.165, 1.54) is 6.07 Å².